The summed E-state index contributed by atoms with van der Waals surface area (Å²) < 4.78 is 4.97. The summed E-state index contributed by atoms with van der Waals surface area (Å²) in [6.45, 7) is 1.93. The Morgan fingerprint density at radius 2 is 2.00 bits per heavy atom. The van der Waals surface area contributed by atoms with Crippen LogP contribution in [-0.2, 0) is 0 Å². The minimum atomic E-state index is -0.110. The van der Waals surface area contributed by atoms with Crippen LogP contribution < -0.4 is 10.2 Å². The van der Waals surface area contributed by atoms with Crippen molar-refractivity contribution in [2.24, 2.45) is 5.10 Å². The molecule has 0 saturated carbocycles. The van der Waals surface area contributed by atoms with Gasteiger partial charge in [-0.05, 0) is 36.8 Å². The van der Waals surface area contributed by atoms with Gasteiger partial charge in [0.15, 0.2) is 11.5 Å². The van der Waals surface area contributed by atoms with E-state index < -0.39 is 0 Å². The summed E-state index contributed by atoms with van der Waals surface area (Å²) in [6.07, 6.45) is 1.51. The molecule has 2 aromatic rings. The Hall–Kier alpha value is -1.91. The molecular formula is C15H14Cl2N2O2. The smallest absolute Gasteiger partial charge is 0.177 e. The van der Waals surface area contributed by atoms with Crippen LogP contribution in [0.1, 0.15) is 11.1 Å². The van der Waals surface area contributed by atoms with E-state index in [4.69, 9.17) is 27.9 Å². The quantitative estimate of drug-likeness (QED) is 0.644. The monoisotopic (exact) mass is 324 g/mol. The van der Waals surface area contributed by atoms with E-state index in [2.05, 4.69) is 10.5 Å². The van der Waals surface area contributed by atoms with Crippen molar-refractivity contribution >= 4 is 35.1 Å². The maximum Gasteiger partial charge on any atom is 0.177 e. The highest BCUT2D eigenvalue weighted by atomic mass is 35.5. The van der Waals surface area contributed by atoms with Crippen LogP contribution in [0.5, 0.6) is 11.5 Å². The van der Waals surface area contributed by atoms with Gasteiger partial charge in [-0.25, -0.2) is 0 Å². The molecule has 110 valence electrons. The zero-order chi connectivity index (χ0) is 15.4. The molecule has 0 aliphatic heterocycles. The summed E-state index contributed by atoms with van der Waals surface area (Å²) in [5, 5.41) is 14.7. The number of nitrogens with one attached hydrogen (secondary N) is 1. The average Bonchev–Trinajstić information content (AvgIpc) is 2.47. The fourth-order valence-corrected chi connectivity index (χ4v) is 2.05. The Labute approximate surface area is 133 Å². The number of ether oxygens (including phenoxy) is 1. The number of phenolic OH excluding ortho intramolecular Hbond substituents is 1. The summed E-state index contributed by atoms with van der Waals surface area (Å²) >= 11 is 12.1. The van der Waals surface area contributed by atoms with Gasteiger partial charge in [-0.15, -0.1) is 0 Å². The molecule has 0 aromatic heterocycles. The zero-order valence-corrected chi connectivity index (χ0v) is 13.0. The zero-order valence-electron chi connectivity index (χ0n) is 11.5. The molecule has 0 radical (unpaired) electrons. The molecule has 0 aliphatic carbocycles. The molecule has 2 aromatic carbocycles. The van der Waals surface area contributed by atoms with E-state index in [-0.39, 0.29) is 10.8 Å². The maximum absolute atomic E-state index is 9.81. The second-order valence-electron chi connectivity index (χ2n) is 4.35. The first-order chi connectivity index (χ1) is 10.0. The van der Waals surface area contributed by atoms with E-state index >= 15 is 0 Å². The molecule has 4 nitrogen and oxygen atoms in total. The van der Waals surface area contributed by atoms with Gasteiger partial charge in [0, 0.05) is 10.6 Å². The Kier molecular flexibility index (Phi) is 4.94. The molecule has 21 heavy (non-hydrogen) atoms. The van der Waals surface area contributed by atoms with E-state index in [0.29, 0.717) is 16.3 Å². The van der Waals surface area contributed by atoms with Gasteiger partial charge in [0.2, 0.25) is 0 Å². The molecule has 0 unspecified atom stereocenters. The Balaban J connectivity index is 2.14. The van der Waals surface area contributed by atoms with Crippen LogP contribution in [0.15, 0.2) is 35.4 Å². The van der Waals surface area contributed by atoms with Crippen LogP contribution in [0, 0.1) is 6.92 Å². The van der Waals surface area contributed by atoms with Crippen molar-refractivity contribution in [1.82, 2.24) is 0 Å². The van der Waals surface area contributed by atoms with Gasteiger partial charge in [0.1, 0.15) is 0 Å². The van der Waals surface area contributed by atoms with E-state index in [9.17, 15) is 5.11 Å². The number of benzene rings is 2. The molecule has 0 aliphatic rings. The van der Waals surface area contributed by atoms with Crippen molar-refractivity contribution in [2.45, 2.75) is 6.92 Å². The molecule has 0 atom stereocenters. The average molecular weight is 325 g/mol. The lowest BCUT2D eigenvalue weighted by molar-refractivity contribution is 0.373. The fraction of sp³-hybridized carbons (Fsp3) is 0.133. The number of methoxy groups -OCH3 is 1. The second-order valence-corrected chi connectivity index (χ2v) is 5.14. The van der Waals surface area contributed by atoms with Gasteiger partial charge < -0.3 is 9.84 Å². The number of rotatable bonds is 4. The summed E-state index contributed by atoms with van der Waals surface area (Å²) in [4.78, 5) is 0. The molecule has 0 bridgehead atoms. The van der Waals surface area contributed by atoms with E-state index in [1.54, 1.807) is 18.2 Å². The van der Waals surface area contributed by atoms with E-state index in [1.807, 2.05) is 19.1 Å². The van der Waals surface area contributed by atoms with Crippen molar-refractivity contribution in [1.29, 1.82) is 0 Å². The number of phenols is 1. The molecule has 2 rings (SSSR count). The number of anilines is 1. The third-order valence-electron chi connectivity index (χ3n) is 2.90. The Morgan fingerprint density at radius 3 is 2.67 bits per heavy atom. The third kappa shape index (κ3) is 3.60. The number of aromatic hydroxyl groups is 1. The molecular weight excluding hydrogens is 311 g/mol. The Bertz CT molecular complexity index is 688. The Morgan fingerprint density at radius 1 is 1.24 bits per heavy atom. The van der Waals surface area contributed by atoms with Crippen LogP contribution in [0.25, 0.3) is 0 Å². The largest absolute Gasteiger partial charge is 0.503 e. The summed E-state index contributed by atoms with van der Waals surface area (Å²) in [5.41, 5.74) is 5.17. The molecule has 6 heteroatoms. The third-order valence-corrected chi connectivity index (χ3v) is 3.70. The SMILES string of the molecule is COc1ccc(C=NNc2ccc(C)c(Cl)c2)c(Cl)c1O. The number of halogens is 2. The molecule has 0 heterocycles. The summed E-state index contributed by atoms with van der Waals surface area (Å²) in [6, 6.07) is 8.86. The summed E-state index contributed by atoms with van der Waals surface area (Å²) in [7, 11) is 1.46. The van der Waals surface area contributed by atoms with Gasteiger partial charge in [0.25, 0.3) is 0 Å². The topological polar surface area (TPSA) is 53.8 Å². The fourth-order valence-electron chi connectivity index (χ4n) is 1.67. The maximum atomic E-state index is 9.81. The predicted molar refractivity (Wildman–Crippen MR) is 87.1 cm³/mol. The molecule has 0 amide bonds. The lowest BCUT2D eigenvalue weighted by Crippen LogP contribution is -1.93. The minimum Gasteiger partial charge on any atom is -0.503 e. The molecule has 2 N–H and O–H groups in total. The van der Waals surface area contributed by atoms with Crippen molar-refractivity contribution < 1.29 is 9.84 Å². The normalized spacial score (nSPS) is 10.9. The second kappa shape index (κ2) is 6.70. The highest BCUT2D eigenvalue weighted by Crippen LogP contribution is 2.35. The summed E-state index contributed by atoms with van der Waals surface area (Å²) in [5.74, 6) is 0.205. The van der Waals surface area contributed by atoms with Gasteiger partial charge in [-0.2, -0.15) is 5.10 Å². The number of hydrogen-bond donors (Lipinski definition) is 2. The van der Waals surface area contributed by atoms with Crippen molar-refractivity contribution in [3.8, 4) is 11.5 Å². The van der Waals surface area contributed by atoms with Crippen LogP contribution in [0.2, 0.25) is 10.0 Å². The number of hydrogen-bond acceptors (Lipinski definition) is 4. The number of hydrazone groups is 1. The first-order valence-electron chi connectivity index (χ1n) is 6.13. The van der Waals surface area contributed by atoms with Crippen LogP contribution >= 0.6 is 23.2 Å². The van der Waals surface area contributed by atoms with Crippen LogP contribution in [-0.4, -0.2) is 18.4 Å². The highest BCUT2D eigenvalue weighted by Gasteiger charge is 2.09. The first kappa shape index (κ1) is 15.5. The lowest BCUT2D eigenvalue weighted by atomic mass is 10.2. The van der Waals surface area contributed by atoms with Crippen LogP contribution in [0.3, 0.4) is 0 Å². The van der Waals surface area contributed by atoms with Crippen LogP contribution in [0.4, 0.5) is 5.69 Å². The standard InChI is InChI=1S/C15H14Cl2N2O2/c1-9-3-5-11(7-12(9)16)19-18-8-10-4-6-13(21-2)15(20)14(10)17/h3-8,19-20H,1-2H3. The van der Waals surface area contributed by atoms with E-state index in [0.717, 1.165) is 11.3 Å². The van der Waals surface area contributed by atoms with Crippen molar-refractivity contribution in [3.05, 3.63) is 51.5 Å². The highest BCUT2D eigenvalue weighted by molar-refractivity contribution is 6.34. The minimum absolute atomic E-state index is 0.110. The lowest BCUT2D eigenvalue weighted by Gasteiger charge is -2.07. The first-order valence-corrected chi connectivity index (χ1v) is 6.89. The van der Waals surface area contributed by atoms with Crippen molar-refractivity contribution in [2.75, 3.05) is 12.5 Å². The van der Waals surface area contributed by atoms with E-state index in [1.165, 1.54) is 13.3 Å². The van der Waals surface area contributed by atoms with Gasteiger partial charge >= 0.3 is 0 Å². The molecule has 0 fully saturated rings. The number of nitrogens with zero attached hydrogens (tertiary/aromatic N) is 1. The molecule has 0 spiro atoms. The number of aryl methyl sites for hydroxylation is 1. The molecule has 0 saturated heterocycles. The predicted octanol–water partition coefficient (Wildman–Crippen LogP) is 4.46. The van der Waals surface area contributed by atoms with Gasteiger partial charge in [-0.3, -0.25) is 5.43 Å². The van der Waals surface area contributed by atoms with Gasteiger partial charge in [-0.1, -0.05) is 29.3 Å². The van der Waals surface area contributed by atoms with Gasteiger partial charge in [0.05, 0.1) is 24.0 Å². The van der Waals surface area contributed by atoms with Crippen molar-refractivity contribution in [3.63, 3.8) is 0 Å².